The summed E-state index contributed by atoms with van der Waals surface area (Å²) in [6.07, 6.45) is 1.47. The molecule has 5 nitrogen and oxygen atoms in total. The smallest absolute Gasteiger partial charge is 0.282 e. The first-order valence-corrected chi connectivity index (χ1v) is 7.89. The maximum Gasteiger partial charge on any atom is 0.282 e. The Kier molecular flexibility index (Phi) is 6.74. The zero-order valence-electron chi connectivity index (χ0n) is 12.0. The van der Waals surface area contributed by atoms with E-state index in [0.29, 0.717) is 11.9 Å². The van der Waals surface area contributed by atoms with Gasteiger partial charge in [-0.05, 0) is 25.0 Å². The number of hydrogen-bond donors (Lipinski definition) is 0. The molecule has 1 aromatic rings. The largest absolute Gasteiger partial charge is 0.335 e. The first-order chi connectivity index (χ1) is 9.96. The van der Waals surface area contributed by atoms with E-state index < -0.39 is 16.6 Å². The van der Waals surface area contributed by atoms with E-state index in [4.69, 9.17) is 0 Å². The second-order valence-corrected chi connectivity index (χ2v) is 5.37. The number of carbonyl (C=O) groups excluding carboxylic acids is 1. The molecule has 0 spiro atoms. The van der Waals surface area contributed by atoms with Crippen LogP contribution in [0.5, 0.6) is 0 Å². The highest BCUT2D eigenvalue weighted by atomic mass is 79.9. The minimum Gasteiger partial charge on any atom is -0.335 e. The zero-order valence-corrected chi connectivity index (χ0v) is 13.6. The lowest BCUT2D eigenvalue weighted by Gasteiger charge is -2.30. The Hall–Kier alpha value is -1.50. The molecule has 0 atom stereocenters. The van der Waals surface area contributed by atoms with Gasteiger partial charge in [-0.3, -0.25) is 14.9 Å². The minimum atomic E-state index is -0.661. The molecule has 116 valence electrons. The lowest BCUT2D eigenvalue weighted by Crippen LogP contribution is -2.41. The van der Waals surface area contributed by atoms with Crippen molar-refractivity contribution in [3.8, 4) is 0 Å². The molecule has 0 aliphatic carbocycles. The van der Waals surface area contributed by atoms with Gasteiger partial charge in [0, 0.05) is 24.0 Å². The molecular weight excluding hydrogens is 343 g/mol. The van der Waals surface area contributed by atoms with E-state index in [0.717, 1.165) is 31.0 Å². The summed E-state index contributed by atoms with van der Waals surface area (Å²) in [6, 6.07) is 2.92. The zero-order chi connectivity index (χ0) is 16.0. The van der Waals surface area contributed by atoms with Crippen molar-refractivity contribution in [2.45, 2.75) is 32.7 Å². The Morgan fingerprint density at radius 1 is 1.43 bits per heavy atom. The van der Waals surface area contributed by atoms with E-state index in [9.17, 15) is 19.3 Å². The summed E-state index contributed by atoms with van der Waals surface area (Å²) in [5.41, 5.74) is -0.570. The van der Waals surface area contributed by atoms with Crippen LogP contribution in [0.1, 0.15) is 37.0 Å². The highest BCUT2D eigenvalue weighted by molar-refractivity contribution is 9.09. The molecule has 0 saturated carbocycles. The number of benzene rings is 1. The van der Waals surface area contributed by atoms with Crippen molar-refractivity contribution < 1.29 is 14.1 Å². The van der Waals surface area contributed by atoms with Gasteiger partial charge in [-0.25, -0.2) is 4.39 Å². The van der Waals surface area contributed by atoms with Gasteiger partial charge in [-0.15, -0.1) is 0 Å². The van der Waals surface area contributed by atoms with Gasteiger partial charge in [0.05, 0.1) is 4.92 Å². The van der Waals surface area contributed by atoms with Crippen molar-refractivity contribution in [3.63, 3.8) is 0 Å². The van der Waals surface area contributed by atoms with Crippen LogP contribution in [0.25, 0.3) is 0 Å². The van der Waals surface area contributed by atoms with Gasteiger partial charge >= 0.3 is 0 Å². The quantitative estimate of drug-likeness (QED) is 0.422. The molecule has 0 aliphatic heterocycles. The normalized spacial score (nSPS) is 10.7. The highest BCUT2D eigenvalue weighted by Gasteiger charge is 2.28. The first kappa shape index (κ1) is 17.6. The number of amides is 1. The van der Waals surface area contributed by atoms with Crippen molar-refractivity contribution in [1.82, 2.24) is 4.90 Å². The lowest BCUT2D eigenvalue weighted by atomic mass is 10.1. The Morgan fingerprint density at radius 3 is 2.52 bits per heavy atom. The summed E-state index contributed by atoms with van der Waals surface area (Å²) in [6.45, 7) is 4.31. The summed E-state index contributed by atoms with van der Waals surface area (Å²) in [5.74, 6) is -1.17. The van der Waals surface area contributed by atoms with Crippen LogP contribution in [-0.4, -0.2) is 33.6 Å². The number of nitro groups is 1. The molecule has 1 rings (SSSR count). The van der Waals surface area contributed by atoms with Gasteiger partial charge < -0.3 is 4.90 Å². The standard InChI is InChI=1S/C14H18BrFN2O3/c1-3-11(4-2)17(8-7-15)14(19)12-9-10(16)5-6-13(12)18(20)21/h5-6,9,11H,3-4,7-8H2,1-2H3. The van der Waals surface area contributed by atoms with Crippen LogP contribution < -0.4 is 0 Å². The third-order valence-corrected chi connectivity index (χ3v) is 3.71. The van der Waals surface area contributed by atoms with Gasteiger partial charge in [0.2, 0.25) is 0 Å². The molecule has 7 heteroatoms. The van der Waals surface area contributed by atoms with E-state index in [2.05, 4.69) is 15.9 Å². The highest BCUT2D eigenvalue weighted by Crippen LogP contribution is 2.23. The van der Waals surface area contributed by atoms with E-state index in [1.54, 1.807) is 4.90 Å². The Bertz CT molecular complexity index is 521. The second kappa shape index (κ2) is 8.07. The molecule has 0 heterocycles. The van der Waals surface area contributed by atoms with Gasteiger partial charge in [0.1, 0.15) is 11.4 Å². The fourth-order valence-electron chi connectivity index (χ4n) is 2.26. The molecule has 0 aromatic heterocycles. The van der Waals surface area contributed by atoms with E-state index in [-0.39, 0.29) is 17.3 Å². The van der Waals surface area contributed by atoms with Crippen molar-refractivity contribution in [3.05, 3.63) is 39.7 Å². The second-order valence-electron chi connectivity index (χ2n) is 4.58. The van der Waals surface area contributed by atoms with Crippen molar-refractivity contribution in [2.75, 3.05) is 11.9 Å². The van der Waals surface area contributed by atoms with Crippen LogP contribution in [0.15, 0.2) is 18.2 Å². The molecule has 0 bridgehead atoms. The molecule has 0 unspecified atom stereocenters. The van der Waals surface area contributed by atoms with Gasteiger partial charge in [-0.1, -0.05) is 29.8 Å². The van der Waals surface area contributed by atoms with Crippen molar-refractivity contribution in [2.24, 2.45) is 0 Å². The molecule has 1 amide bonds. The number of carbonyl (C=O) groups is 1. The van der Waals surface area contributed by atoms with Crippen LogP contribution in [-0.2, 0) is 0 Å². The average molecular weight is 361 g/mol. The molecule has 0 fully saturated rings. The molecule has 0 aliphatic rings. The first-order valence-electron chi connectivity index (χ1n) is 6.77. The molecule has 1 aromatic carbocycles. The van der Waals surface area contributed by atoms with Crippen molar-refractivity contribution >= 4 is 27.5 Å². The third kappa shape index (κ3) is 4.23. The number of hydrogen-bond acceptors (Lipinski definition) is 3. The molecule has 0 saturated heterocycles. The number of nitro benzene ring substituents is 1. The fraction of sp³-hybridized carbons (Fsp3) is 0.500. The van der Waals surface area contributed by atoms with Crippen LogP contribution in [0.3, 0.4) is 0 Å². The number of rotatable bonds is 7. The average Bonchev–Trinajstić information content (AvgIpc) is 2.46. The number of nitrogens with zero attached hydrogens (tertiary/aromatic N) is 2. The van der Waals surface area contributed by atoms with E-state index >= 15 is 0 Å². The Labute approximate surface area is 131 Å². The SMILES string of the molecule is CCC(CC)N(CCBr)C(=O)c1cc(F)ccc1[N+](=O)[O-]. The summed E-state index contributed by atoms with van der Waals surface area (Å²) in [7, 11) is 0. The maximum atomic E-state index is 13.4. The van der Waals surface area contributed by atoms with Crippen LogP contribution in [0.2, 0.25) is 0 Å². The molecule has 0 radical (unpaired) electrons. The predicted octanol–water partition coefficient (Wildman–Crippen LogP) is 3.76. The van der Waals surface area contributed by atoms with Crippen molar-refractivity contribution in [1.29, 1.82) is 0 Å². The van der Waals surface area contributed by atoms with Crippen LogP contribution >= 0.6 is 15.9 Å². The van der Waals surface area contributed by atoms with Gasteiger partial charge in [0.25, 0.3) is 11.6 Å². The predicted molar refractivity (Wildman–Crippen MR) is 82.3 cm³/mol. The minimum absolute atomic E-state index is 0.0297. The summed E-state index contributed by atoms with van der Waals surface area (Å²) in [4.78, 5) is 24.5. The molecular formula is C14H18BrFN2O3. The fourth-order valence-corrected chi connectivity index (χ4v) is 2.65. The third-order valence-electron chi connectivity index (χ3n) is 3.36. The monoisotopic (exact) mass is 360 g/mol. The van der Waals surface area contributed by atoms with Gasteiger partial charge in [0.15, 0.2) is 0 Å². The van der Waals surface area contributed by atoms with Crippen LogP contribution in [0.4, 0.5) is 10.1 Å². The maximum absolute atomic E-state index is 13.4. The van der Waals surface area contributed by atoms with E-state index in [1.807, 2.05) is 13.8 Å². The number of alkyl halides is 1. The summed E-state index contributed by atoms with van der Waals surface area (Å²) >= 11 is 3.28. The lowest BCUT2D eigenvalue weighted by molar-refractivity contribution is -0.385. The molecule has 0 N–H and O–H groups in total. The topological polar surface area (TPSA) is 63.5 Å². The summed E-state index contributed by atoms with van der Waals surface area (Å²) < 4.78 is 13.4. The van der Waals surface area contributed by atoms with Gasteiger partial charge in [-0.2, -0.15) is 0 Å². The Balaban J connectivity index is 3.25. The molecule has 21 heavy (non-hydrogen) atoms. The number of halogens is 2. The van der Waals surface area contributed by atoms with Crippen LogP contribution in [0, 0.1) is 15.9 Å². The Morgan fingerprint density at radius 2 is 2.05 bits per heavy atom. The summed E-state index contributed by atoms with van der Waals surface area (Å²) in [5, 5.41) is 11.6. The van der Waals surface area contributed by atoms with E-state index in [1.165, 1.54) is 0 Å².